The van der Waals surface area contributed by atoms with Crippen LogP contribution in [0.3, 0.4) is 0 Å². The first-order chi connectivity index (χ1) is 5.47. The third-order valence-corrected chi connectivity index (χ3v) is 1.05. The Hall–Kier alpha value is -1.99. The van der Waals surface area contributed by atoms with E-state index < -0.39 is 0 Å². The lowest BCUT2D eigenvalue weighted by Gasteiger charge is -2.14. The van der Waals surface area contributed by atoms with Crippen LogP contribution in [0.25, 0.3) is 0 Å². The minimum atomic E-state index is 0.458. The summed E-state index contributed by atoms with van der Waals surface area (Å²) in [7, 11) is 0. The summed E-state index contributed by atoms with van der Waals surface area (Å²) in [6.07, 6.45) is 3.15. The summed E-state index contributed by atoms with van der Waals surface area (Å²) in [5, 5.41) is 21.5. The molecule has 2 N–H and O–H groups in total. The molecule has 8 nitrogen and oxygen atoms in total. The second-order valence-electron chi connectivity index (χ2n) is 1.71. The minimum absolute atomic E-state index is 0.458. The molecule has 1 aromatic rings. The average Bonchev–Trinajstić information content (AvgIpc) is 2.58. The lowest BCUT2D eigenvalue weighted by molar-refractivity contribution is 0.666. The van der Waals surface area contributed by atoms with E-state index in [1.807, 2.05) is 0 Å². The molecular weight excluding hydrogens is 148 g/mol. The van der Waals surface area contributed by atoms with E-state index >= 15 is 0 Å². The summed E-state index contributed by atoms with van der Waals surface area (Å²) >= 11 is 0. The van der Waals surface area contributed by atoms with Gasteiger partial charge in [0.25, 0.3) is 5.95 Å². The molecular formula is C3H4N8. The molecule has 8 heteroatoms. The van der Waals surface area contributed by atoms with Gasteiger partial charge in [0.05, 0.1) is 12.4 Å². The summed E-state index contributed by atoms with van der Waals surface area (Å²) in [6, 6.07) is 0. The molecule has 0 radical (unpaired) electrons. The van der Waals surface area contributed by atoms with Gasteiger partial charge in [-0.2, -0.15) is 5.53 Å². The van der Waals surface area contributed by atoms with Crippen molar-refractivity contribution in [3.8, 4) is 0 Å². The predicted octanol–water partition coefficient (Wildman–Crippen LogP) is -0.637. The molecule has 0 saturated heterocycles. The number of nitrogens with zero attached hydrogens (tertiary/aromatic N) is 6. The zero-order chi connectivity index (χ0) is 7.52. The summed E-state index contributed by atoms with van der Waals surface area (Å²) in [4.78, 5) is 0. The topological polar surface area (TPSA) is 94.5 Å². The minimum Gasteiger partial charge on any atom is -0.223 e. The van der Waals surface area contributed by atoms with Gasteiger partial charge in [0.15, 0.2) is 0 Å². The number of hydrogen-bond acceptors (Lipinski definition) is 7. The zero-order valence-corrected chi connectivity index (χ0v) is 5.34. The molecule has 1 aromatic heterocycles. The maximum atomic E-state index is 3.63. The molecule has 56 valence electrons. The van der Waals surface area contributed by atoms with Gasteiger partial charge in [-0.05, 0) is 10.4 Å². The van der Waals surface area contributed by atoms with E-state index in [0.717, 1.165) is 0 Å². The van der Waals surface area contributed by atoms with Gasteiger partial charge in [-0.1, -0.05) is 10.3 Å². The lowest BCUT2D eigenvalue weighted by Crippen LogP contribution is -2.30. The van der Waals surface area contributed by atoms with Crippen LogP contribution in [0, 0.1) is 0 Å². The molecule has 0 aromatic carbocycles. The highest BCUT2D eigenvalue weighted by Gasteiger charge is 2.06. The van der Waals surface area contributed by atoms with Gasteiger partial charge in [0, 0.05) is 0 Å². The fraction of sp³-hybridized carbons (Fsp3) is 0. The van der Waals surface area contributed by atoms with Crippen molar-refractivity contribution in [2.75, 3.05) is 5.01 Å². The van der Waals surface area contributed by atoms with Crippen LogP contribution >= 0.6 is 0 Å². The first-order valence-electron chi connectivity index (χ1n) is 2.82. The van der Waals surface area contributed by atoms with Crippen LogP contribution in [-0.2, 0) is 0 Å². The molecule has 0 atom stereocenters. The third-order valence-electron chi connectivity index (χ3n) is 1.05. The second kappa shape index (κ2) is 2.33. The number of nitrogens with one attached hydrogen (secondary N) is 2. The smallest absolute Gasteiger partial charge is 0.223 e. The Labute approximate surface area is 60.9 Å². The summed E-state index contributed by atoms with van der Waals surface area (Å²) in [6.45, 7) is 0. The van der Waals surface area contributed by atoms with Gasteiger partial charge in [-0.3, -0.25) is 0 Å². The van der Waals surface area contributed by atoms with Crippen molar-refractivity contribution >= 4 is 5.95 Å². The van der Waals surface area contributed by atoms with Gasteiger partial charge >= 0.3 is 0 Å². The van der Waals surface area contributed by atoms with Gasteiger partial charge in [0.1, 0.15) is 0 Å². The molecule has 0 spiro atoms. The Kier molecular flexibility index (Phi) is 1.22. The van der Waals surface area contributed by atoms with Crippen LogP contribution in [0.1, 0.15) is 0 Å². The Morgan fingerprint density at radius 3 is 3.09 bits per heavy atom. The van der Waals surface area contributed by atoms with E-state index in [2.05, 4.69) is 36.5 Å². The van der Waals surface area contributed by atoms with Crippen LogP contribution in [0.2, 0.25) is 0 Å². The maximum absolute atomic E-state index is 3.63. The van der Waals surface area contributed by atoms with Crippen LogP contribution in [0.15, 0.2) is 22.7 Å². The highest BCUT2D eigenvalue weighted by molar-refractivity contribution is 5.28. The first-order valence-corrected chi connectivity index (χ1v) is 2.82. The third kappa shape index (κ3) is 1.000. The van der Waals surface area contributed by atoms with Crippen LogP contribution < -0.4 is 10.5 Å². The summed E-state index contributed by atoms with van der Waals surface area (Å²) < 4.78 is 0. The molecule has 0 amide bonds. The largest absolute Gasteiger partial charge is 0.267 e. The van der Waals surface area contributed by atoms with E-state index in [-0.39, 0.29) is 0 Å². The number of tetrazole rings is 1. The molecule has 0 bridgehead atoms. The van der Waals surface area contributed by atoms with E-state index in [1.54, 1.807) is 6.20 Å². The van der Waals surface area contributed by atoms with Gasteiger partial charge in [-0.15, -0.1) is 5.11 Å². The molecule has 11 heavy (non-hydrogen) atoms. The molecule has 1 aliphatic rings. The SMILES string of the molecule is C1=CN(c2nnn[nH]2)NN=N1. The molecule has 0 saturated carbocycles. The van der Waals surface area contributed by atoms with Crippen molar-refractivity contribution in [3.63, 3.8) is 0 Å². The number of hydrazine groups is 1. The first kappa shape index (κ1) is 5.77. The van der Waals surface area contributed by atoms with Crippen molar-refractivity contribution < 1.29 is 0 Å². The number of anilines is 1. The van der Waals surface area contributed by atoms with Gasteiger partial charge < -0.3 is 0 Å². The van der Waals surface area contributed by atoms with E-state index in [1.165, 1.54) is 11.2 Å². The Balaban J connectivity index is 2.19. The van der Waals surface area contributed by atoms with E-state index in [4.69, 9.17) is 0 Å². The van der Waals surface area contributed by atoms with E-state index in [9.17, 15) is 0 Å². The van der Waals surface area contributed by atoms with Crippen molar-refractivity contribution in [3.05, 3.63) is 12.4 Å². The molecule has 1 aliphatic heterocycles. The Morgan fingerprint density at radius 2 is 2.45 bits per heavy atom. The van der Waals surface area contributed by atoms with Crippen LogP contribution in [0.4, 0.5) is 5.95 Å². The monoisotopic (exact) mass is 152 g/mol. The number of rotatable bonds is 1. The molecule has 0 unspecified atom stereocenters. The molecule has 2 heterocycles. The van der Waals surface area contributed by atoms with E-state index in [0.29, 0.717) is 5.95 Å². The van der Waals surface area contributed by atoms with Crippen LogP contribution in [-0.4, -0.2) is 20.6 Å². The molecule has 0 aliphatic carbocycles. The standard InChI is InChI=1S/C3H4N8/c1-2-11(10-7-4-1)3-5-8-9-6-3/h1-2H,(H,4,10)(H,5,6,8,9). The Morgan fingerprint density at radius 1 is 1.45 bits per heavy atom. The van der Waals surface area contributed by atoms with Gasteiger partial charge in [-0.25, -0.2) is 10.1 Å². The maximum Gasteiger partial charge on any atom is 0.267 e. The highest BCUT2D eigenvalue weighted by Crippen LogP contribution is 2.02. The fourth-order valence-electron chi connectivity index (χ4n) is 0.611. The highest BCUT2D eigenvalue weighted by atomic mass is 15.7. The fourth-order valence-corrected chi connectivity index (χ4v) is 0.611. The number of aromatic nitrogens is 4. The lowest BCUT2D eigenvalue weighted by atomic mass is 10.8. The Bertz CT molecular complexity index is 272. The van der Waals surface area contributed by atoms with Crippen molar-refractivity contribution in [2.45, 2.75) is 0 Å². The predicted molar refractivity (Wildman–Crippen MR) is 33.8 cm³/mol. The molecule has 2 rings (SSSR count). The quantitative estimate of drug-likeness (QED) is 0.558. The van der Waals surface area contributed by atoms with Crippen LogP contribution in [0.5, 0.6) is 0 Å². The average molecular weight is 152 g/mol. The van der Waals surface area contributed by atoms with Gasteiger partial charge in [0.2, 0.25) is 0 Å². The number of H-pyrrole nitrogens is 1. The number of aromatic amines is 1. The van der Waals surface area contributed by atoms with Crippen molar-refractivity contribution in [1.29, 1.82) is 0 Å². The summed E-state index contributed by atoms with van der Waals surface area (Å²) in [5.74, 6) is 0.458. The zero-order valence-electron chi connectivity index (χ0n) is 5.34. The van der Waals surface area contributed by atoms with Crippen molar-refractivity contribution in [2.24, 2.45) is 10.3 Å². The second-order valence-corrected chi connectivity index (χ2v) is 1.71. The number of hydrogen-bond donors (Lipinski definition) is 2. The normalized spacial score (nSPS) is 15.1. The molecule has 0 fully saturated rings. The summed E-state index contributed by atoms with van der Waals surface area (Å²) in [5.41, 5.74) is 2.55. The van der Waals surface area contributed by atoms with Crippen molar-refractivity contribution in [1.82, 2.24) is 26.2 Å².